The summed E-state index contributed by atoms with van der Waals surface area (Å²) < 4.78 is 0. The van der Waals surface area contributed by atoms with E-state index in [9.17, 15) is 4.79 Å². The van der Waals surface area contributed by atoms with E-state index in [2.05, 4.69) is 50.4 Å². The first-order chi connectivity index (χ1) is 18.0. The number of nitrogens with one attached hydrogen (secondary N) is 2. The van der Waals surface area contributed by atoms with Crippen molar-refractivity contribution in [3.63, 3.8) is 0 Å². The zero-order valence-electron chi connectivity index (χ0n) is 21.0. The van der Waals surface area contributed by atoms with Crippen LogP contribution in [0.15, 0.2) is 65.2 Å². The summed E-state index contributed by atoms with van der Waals surface area (Å²) in [7, 11) is 0. The van der Waals surface area contributed by atoms with E-state index in [1.54, 1.807) is 31.0 Å². The van der Waals surface area contributed by atoms with E-state index in [-0.39, 0.29) is 11.9 Å². The predicted molar refractivity (Wildman–Crippen MR) is 148 cm³/mol. The highest BCUT2D eigenvalue weighted by molar-refractivity contribution is 6.17. The van der Waals surface area contributed by atoms with E-state index in [0.717, 1.165) is 50.1 Å². The second kappa shape index (κ2) is 10.1. The number of H-pyrrole nitrogens is 1. The number of carbonyl (C=O) groups is 1. The van der Waals surface area contributed by atoms with E-state index < -0.39 is 0 Å². The zero-order chi connectivity index (χ0) is 25.9. The smallest absolute Gasteiger partial charge is 0.224 e. The third-order valence-electron chi connectivity index (χ3n) is 6.28. The molecule has 37 heavy (non-hydrogen) atoms. The van der Waals surface area contributed by atoms with Gasteiger partial charge in [0, 0.05) is 60.0 Å². The highest BCUT2D eigenvalue weighted by Gasteiger charge is 2.26. The van der Waals surface area contributed by atoms with Crippen LogP contribution in [0.4, 0.5) is 5.69 Å². The van der Waals surface area contributed by atoms with Crippen molar-refractivity contribution in [1.82, 2.24) is 19.9 Å². The molecule has 0 spiro atoms. The molecule has 4 aromatic rings. The average Bonchev–Trinajstić information content (AvgIpc) is 3.50. The molecule has 9 heteroatoms. The Morgan fingerprint density at radius 1 is 1.14 bits per heavy atom. The van der Waals surface area contributed by atoms with Crippen molar-refractivity contribution < 1.29 is 4.79 Å². The van der Waals surface area contributed by atoms with Crippen molar-refractivity contribution in [2.75, 3.05) is 11.9 Å². The third-order valence-corrected chi connectivity index (χ3v) is 6.28. The number of hydrogen-bond acceptors (Lipinski definition) is 7. The molecular formula is C28H28N8O. The predicted octanol–water partition coefficient (Wildman–Crippen LogP) is 4.67. The van der Waals surface area contributed by atoms with Crippen LogP contribution in [0.3, 0.4) is 0 Å². The van der Waals surface area contributed by atoms with Gasteiger partial charge < -0.3 is 16.0 Å². The van der Waals surface area contributed by atoms with Crippen LogP contribution < -0.4 is 11.1 Å². The number of amides is 1. The Labute approximate surface area is 214 Å². The number of aromatic amines is 1. The molecule has 1 amide bonds. The molecule has 4 N–H and O–H groups in total. The summed E-state index contributed by atoms with van der Waals surface area (Å²) in [5.74, 6) is 0.612. The molecule has 4 heterocycles. The van der Waals surface area contributed by atoms with Gasteiger partial charge in [-0.3, -0.25) is 24.7 Å². The maximum absolute atomic E-state index is 11.8. The van der Waals surface area contributed by atoms with Crippen LogP contribution in [-0.2, 0) is 4.79 Å². The summed E-state index contributed by atoms with van der Waals surface area (Å²) in [5, 5.41) is 2.87. The molecule has 0 bridgehead atoms. The molecule has 1 aliphatic heterocycles. The van der Waals surface area contributed by atoms with Crippen LogP contribution in [0.1, 0.15) is 55.7 Å². The number of rotatable bonds is 7. The number of aliphatic imine (C=N–C) groups is 2. The van der Waals surface area contributed by atoms with Gasteiger partial charge in [0.2, 0.25) is 5.91 Å². The fraction of sp³-hybridized carbons (Fsp3) is 0.214. The summed E-state index contributed by atoms with van der Waals surface area (Å²) in [6, 6.07) is 8.17. The number of benzene rings is 1. The van der Waals surface area contributed by atoms with Crippen LogP contribution in [0.25, 0.3) is 27.7 Å². The van der Waals surface area contributed by atoms with Gasteiger partial charge in [-0.2, -0.15) is 0 Å². The molecule has 0 fully saturated rings. The van der Waals surface area contributed by atoms with Crippen LogP contribution in [-0.4, -0.2) is 44.3 Å². The Morgan fingerprint density at radius 2 is 1.97 bits per heavy atom. The lowest BCUT2D eigenvalue weighted by Crippen LogP contribution is -2.09. The molecule has 1 aliphatic rings. The van der Waals surface area contributed by atoms with E-state index in [1.165, 1.54) is 6.20 Å². The Hall–Kier alpha value is -4.66. The fourth-order valence-corrected chi connectivity index (χ4v) is 4.39. The van der Waals surface area contributed by atoms with Gasteiger partial charge in [-0.25, -0.2) is 4.98 Å². The number of pyridine rings is 2. The van der Waals surface area contributed by atoms with Gasteiger partial charge in [0.1, 0.15) is 11.2 Å². The maximum Gasteiger partial charge on any atom is 0.224 e. The van der Waals surface area contributed by atoms with E-state index in [1.807, 2.05) is 19.9 Å². The van der Waals surface area contributed by atoms with Gasteiger partial charge in [-0.1, -0.05) is 19.1 Å². The molecule has 0 aliphatic carbocycles. The number of imidazole rings is 1. The van der Waals surface area contributed by atoms with Crippen molar-refractivity contribution >= 4 is 40.1 Å². The minimum absolute atomic E-state index is 0.00524. The SMILES string of the molecule is CCN=C/C(=C\N)c1cncc2[nH]c(C3=N[C@@H](C)c4ccc(-c5cncc(NC(=O)CC)c5)cc43)nc12. The van der Waals surface area contributed by atoms with Gasteiger partial charge in [0.05, 0.1) is 29.6 Å². The lowest BCUT2D eigenvalue weighted by molar-refractivity contribution is -0.115. The van der Waals surface area contributed by atoms with Crippen LogP contribution in [0.5, 0.6) is 0 Å². The van der Waals surface area contributed by atoms with Gasteiger partial charge in [0.15, 0.2) is 5.82 Å². The molecule has 1 atom stereocenters. The van der Waals surface area contributed by atoms with Gasteiger partial charge in [0.25, 0.3) is 0 Å². The molecule has 5 rings (SSSR count). The molecule has 1 aromatic carbocycles. The summed E-state index contributed by atoms with van der Waals surface area (Å²) in [6.45, 7) is 6.51. The largest absolute Gasteiger partial charge is 0.404 e. The Balaban J connectivity index is 1.55. The van der Waals surface area contributed by atoms with Crippen molar-refractivity contribution in [2.24, 2.45) is 15.7 Å². The van der Waals surface area contributed by atoms with E-state index >= 15 is 0 Å². The molecule has 9 nitrogen and oxygen atoms in total. The van der Waals surface area contributed by atoms with Gasteiger partial charge in [-0.05, 0) is 37.1 Å². The van der Waals surface area contributed by atoms with E-state index in [4.69, 9.17) is 15.7 Å². The first-order valence-corrected chi connectivity index (χ1v) is 12.3. The van der Waals surface area contributed by atoms with Crippen LogP contribution in [0.2, 0.25) is 0 Å². The standard InChI is InChI=1S/C28H28N8O/c1-4-25(37)34-20-8-18(11-31-13-20)17-6-7-21-16(3)33-27(22(21)9-17)28-35-24-15-32-14-23(26(24)36-28)19(10-29)12-30-5-2/h6-16H,4-5,29H2,1-3H3,(H,34,37)(H,35,36)/b19-10+,30-12?/t16-/m0/s1. The molecule has 0 unspecified atom stereocenters. The van der Waals surface area contributed by atoms with Crippen LogP contribution in [0, 0.1) is 0 Å². The van der Waals surface area contributed by atoms with Crippen molar-refractivity contribution in [3.8, 4) is 11.1 Å². The summed E-state index contributed by atoms with van der Waals surface area (Å²) in [6.07, 6.45) is 10.6. The summed E-state index contributed by atoms with van der Waals surface area (Å²) in [4.78, 5) is 38.1. The summed E-state index contributed by atoms with van der Waals surface area (Å²) >= 11 is 0. The normalized spacial score (nSPS) is 15.3. The fourth-order valence-electron chi connectivity index (χ4n) is 4.39. The lowest BCUT2D eigenvalue weighted by Gasteiger charge is -2.09. The van der Waals surface area contributed by atoms with Gasteiger partial charge in [-0.15, -0.1) is 0 Å². The number of carbonyl (C=O) groups excluding carboxylic acids is 1. The maximum atomic E-state index is 11.8. The highest BCUT2D eigenvalue weighted by atomic mass is 16.1. The zero-order valence-corrected chi connectivity index (χ0v) is 21.0. The monoisotopic (exact) mass is 492 g/mol. The van der Waals surface area contributed by atoms with Crippen molar-refractivity contribution in [3.05, 3.63) is 77.8 Å². The number of allylic oxidation sites excluding steroid dienone is 1. The molecular weight excluding hydrogens is 464 g/mol. The Kier molecular flexibility index (Phi) is 6.59. The number of nitrogens with two attached hydrogens (primary N) is 1. The van der Waals surface area contributed by atoms with Crippen molar-refractivity contribution in [2.45, 2.75) is 33.2 Å². The molecule has 0 saturated heterocycles. The first kappa shape index (κ1) is 24.1. The number of fused-ring (bicyclic) bond motifs is 2. The molecule has 3 aromatic heterocycles. The second-order valence-electron chi connectivity index (χ2n) is 8.74. The summed E-state index contributed by atoms with van der Waals surface area (Å²) in [5.41, 5.74) is 14.5. The Morgan fingerprint density at radius 3 is 2.76 bits per heavy atom. The molecule has 186 valence electrons. The topological polar surface area (TPSA) is 134 Å². The quantitative estimate of drug-likeness (QED) is 0.322. The Bertz CT molecular complexity index is 1580. The molecule has 0 radical (unpaired) electrons. The highest BCUT2D eigenvalue weighted by Crippen LogP contribution is 2.35. The van der Waals surface area contributed by atoms with Crippen LogP contribution >= 0.6 is 0 Å². The minimum Gasteiger partial charge on any atom is -0.404 e. The average molecular weight is 493 g/mol. The number of nitrogens with zero attached hydrogens (tertiary/aromatic N) is 5. The molecule has 0 saturated carbocycles. The minimum atomic E-state index is -0.0523. The number of hydrogen-bond donors (Lipinski definition) is 3. The number of anilines is 1. The van der Waals surface area contributed by atoms with Crippen molar-refractivity contribution in [1.29, 1.82) is 0 Å². The second-order valence-corrected chi connectivity index (χ2v) is 8.74. The lowest BCUT2D eigenvalue weighted by atomic mass is 9.96. The first-order valence-electron chi connectivity index (χ1n) is 12.3. The van der Waals surface area contributed by atoms with E-state index in [0.29, 0.717) is 24.5 Å². The third kappa shape index (κ3) is 4.63. The number of aromatic nitrogens is 4. The van der Waals surface area contributed by atoms with Gasteiger partial charge >= 0.3 is 0 Å².